The van der Waals surface area contributed by atoms with Gasteiger partial charge in [-0.15, -0.1) is 0 Å². The van der Waals surface area contributed by atoms with E-state index >= 15 is 0 Å². The number of sulfone groups is 1. The number of anilines is 1. The summed E-state index contributed by atoms with van der Waals surface area (Å²) >= 11 is 0. The van der Waals surface area contributed by atoms with Gasteiger partial charge in [-0.3, -0.25) is 4.79 Å². The third-order valence-corrected chi connectivity index (χ3v) is 3.11. The maximum Gasteiger partial charge on any atom is 0.340 e. The second kappa shape index (κ2) is 4.23. The zero-order valence-corrected chi connectivity index (χ0v) is 8.54. The van der Waals surface area contributed by atoms with Crippen molar-refractivity contribution in [2.75, 3.05) is 11.1 Å². The van der Waals surface area contributed by atoms with Crippen LogP contribution in [0.4, 0.5) is 10.5 Å². The number of nitrogens with one attached hydrogen (secondary N) is 1. The van der Waals surface area contributed by atoms with Crippen LogP contribution < -0.4 is 5.32 Å². The fraction of sp³-hybridized carbons (Fsp3) is 0.222. The normalized spacial score (nSPS) is 10.9. The highest BCUT2D eigenvalue weighted by Crippen LogP contribution is 2.07. The molecule has 0 bridgehead atoms. The summed E-state index contributed by atoms with van der Waals surface area (Å²) in [4.78, 5) is 11.2. The molecule has 0 aliphatic carbocycles. The van der Waals surface area contributed by atoms with Gasteiger partial charge in [-0.1, -0.05) is 25.1 Å². The summed E-state index contributed by atoms with van der Waals surface area (Å²) in [5, 5.41) is 1.35. The highest BCUT2D eigenvalue weighted by molar-refractivity contribution is 8.06. The van der Waals surface area contributed by atoms with Crippen LogP contribution in [0.2, 0.25) is 0 Å². The van der Waals surface area contributed by atoms with Crippen molar-refractivity contribution in [2.24, 2.45) is 0 Å². The molecule has 0 aromatic heterocycles. The monoisotopic (exact) mass is 213 g/mol. The zero-order chi connectivity index (χ0) is 10.6. The molecule has 0 aliphatic heterocycles. The van der Waals surface area contributed by atoms with Gasteiger partial charge in [-0.05, 0) is 12.1 Å². The van der Waals surface area contributed by atoms with Gasteiger partial charge in [0.2, 0.25) is 9.84 Å². The molecule has 1 aromatic rings. The summed E-state index contributed by atoms with van der Waals surface area (Å²) in [7, 11) is -3.65. The Bertz CT molecular complexity index is 411. The quantitative estimate of drug-likeness (QED) is 0.812. The molecule has 0 fully saturated rings. The number of carbonyl (C=O) groups is 1. The highest BCUT2D eigenvalue weighted by atomic mass is 32.2. The Hall–Kier alpha value is -1.36. The molecule has 0 aliphatic rings. The van der Waals surface area contributed by atoms with E-state index in [1.807, 2.05) is 0 Å². The predicted molar refractivity (Wildman–Crippen MR) is 54.9 cm³/mol. The van der Waals surface area contributed by atoms with Crippen molar-refractivity contribution in [3.63, 3.8) is 0 Å². The summed E-state index contributed by atoms with van der Waals surface area (Å²) in [6.07, 6.45) is 0. The Morgan fingerprint density at radius 3 is 2.36 bits per heavy atom. The lowest BCUT2D eigenvalue weighted by Gasteiger charge is -2.03. The van der Waals surface area contributed by atoms with E-state index in [4.69, 9.17) is 0 Å². The molecule has 0 radical (unpaired) electrons. The van der Waals surface area contributed by atoms with Gasteiger partial charge in [-0.25, -0.2) is 8.42 Å². The number of para-hydroxylation sites is 1. The number of benzene rings is 1. The van der Waals surface area contributed by atoms with Gasteiger partial charge in [0.05, 0.1) is 5.75 Å². The van der Waals surface area contributed by atoms with Crippen LogP contribution in [0, 0.1) is 0 Å². The predicted octanol–water partition coefficient (Wildman–Crippen LogP) is 1.65. The molecule has 0 saturated heterocycles. The van der Waals surface area contributed by atoms with Crippen LogP contribution in [-0.2, 0) is 9.84 Å². The first-order valence-electron chi connectivity index (χ1n) is 4.15. The summed E-state index contributed by atoms with van der Waals surface area (Å²) in [6.45, 7) is 1.43. The second-order valence-electron chi connectivity index (χ2n) is 2.68. The van der Waals surface area contributed by atoms with Crippen molar-refractivity contribution in [1.29, 1.82) is 0 Å². The van der Waals surface area contributed by atoms with Crippen molar-refractivity contribution in [3.05, 3.63) is 30.3 Å². The van der Waals surface area contributed by atoms with Crippen LogP contribution in [0.15, 0.2) is 30.3 Å². The van der Waals surface area contributed by atoms with E-state index in [0.29, 0.717) is 5.69 Å². The van der Waals surface area contributed by atoms with Crippen LogP contribution in [0.25, 0.3) is 0 Å². The molecule has 1 amide bonds. The van der Waals surface area contributed by atoms with Crippen molar-refractivity contribution in [3.8, 4) is 0 Å². The molecular weight excluding hydrogens is 202 g/mol. The van der Waals surface area contributed by atoms with Crippen molar-refractivity contribution in [1.82, 2.24) is 0 Å². The SMILES string of the molecule is CCS(=O)(=O)C(=O)Nc1ccccc1. The average Bonchev–Trinajstić information content (AvgIpc) is 2.19. The maximum atomic E-state index is 11.2. The lowest BCUT2D eigenvalue weighted by Crippen LogP contribution is -2.22. The molecule has 0 unspecified atom stereocenters. The van der Waals surface area contributed by atoms with Crippen molar-refractivity contribution < 1.29 is 13.2 Å². The van der Waals surface area contributed by atoms with E-state index in [1.54, 1.807) is 30.3 Å². The number of hydrogen-bond donors (Lipinski definition) is 1. The lowest BCUT2D eigenvalue weighted by molar-refractivity contribution is 0.267. The Morgan fingerprint density at radius 2 is 1.86 bits per heavy atom. The van der Waals surface area contributed by atoms with Crippen LogP contribution >= 0.6 is 0 Å². The fourth-order valence-corrected chi connectivity index (χ4v) is 1.38. The van der Waals surface area contributed by atoms with E-state index in [2.05, 4.69) is 5.32 Å². The number of rotatable bonds is 2. The minimum absolute atomic E-state index is 0.189. The first kappa shape index (κ1) is 10.7. The second-order valence-corrected chi connectivity index (χ2v) is 4.86. The largest absolute Gasteiger partial charge is 0.340 e. The fourth-order valence-electron chi connectivity index (χ4n) is 0.848. The highest BCUT2D eigenvalue weighted by Gasteiger charge is 2.18. The minimum Gasteiger partial charge on any atom is -0.313 e. The molecule has 76 valence electrons. The zero-order valence-electron chi connectivity index (χ0n) is 7.73. The lowest BCUT2D eigenvalue weighted by atomic mass is 10.3. The van der Waals surface area contributed by atoms with E-state index in [1.165, 1.54) is 6.92 Å². The molecule has 0 heterocycles. The molecule has 0 spiro atoms. The van der Waals surface area contributed by atoms with Crippen LogP contribution in [0.1, 0.15) is 6.92 Å². The standard InChI is InChI=1S/C9H11NO3S/c1-2-14(12,13)9(11)10-8-6-4-3-5-7-8/h3-7H,2H2,1H3,(H,10,11). The summed E-state index contributed by atoms with van der Waals surface area (Å²) in [6, 6.07) is 8.47. The van der Waals surface area contributed by atoms with E-state index in [-0.39, 0.29) is 5.75 Å². The smallest absolute Gasteiger partial charge is 0.313 e. The number of carbonyl (C=O) groups excluding carboxylic acids is 1. The first-order valence-corrected chi connectivity index (χ1v) is 5.80. The van der Waals surface area contributed by atoms with E-state index < -0.39 is 15.1 Å². The molecular formula is C9H11NO3S. The summed E-state index contributed by atoms with van der Waals surface area (Å²) in [5.74, 6) is -0.189. The van der Waals surface area contributed by atoms with Crippen LogP contribution in [-0.4, -0.2) is 19.4 Å². The van der Waals surface area contributed by atoms with Crippen molar-refractivity contribution >= 4 is 20.8 Å². The van der Waals surface area contributed by atoms with Gasteiger partial charge in [0.25, 0.3) is 0 Å². The Kier molecular flexibility index (Phi) is 3.24. The Morgan fingerprint density at radius 1 is 1.29 bits per heavy atom. The van der Waals surface area contributed by atoms with Crippen LogP contribution in [0.5, 0.6) is 0 Å². The molecule has 0 atom stereocenters. The van der Waals surface area contributed by atoms with Gasteiger partial charge < -0.3 is 5.32 Å². The van der Waals surface area contributed by atoms with Gasteiger partial charge >= 0.3 is 5.24 Å². The molecule has 1 aromatic carbocycles. The molecule has 5 heteroatoms. The van der Waals surface area contributed by atoms with Gasteiger partial charge in [0.15, 0.2) is 0 Å². The maximum absolute atomic E-state index is 11.2. The summed E-state index contributed by atoms with van der Waals surface area (Å²) in [5.41, 5.74) is 0.481. The first-order chi connectivity index (χ1) is 6.56. The van der Waals surface area contributed by atoms with E-state index in [0.717, 1.165) is 0 Å². The molecule has 0 saturated carbocycles. The van der Waals surface area contributed by atoms with Crippen LogP contribution in [0.3, 0.4) is 0 Å². The molecule has 14 heavy (non-hydrogen) atoms. The number of hydrogen-bond acceptors (Lipinski definition) is 3. The molecule has 4 nitrogen and oxygen atoms in total. The molecule has 1 rings (SSSR count). The summed E-state index contributed by atoms with van der Waals surface area (Å²) < 4.78 is 22.2. The Labute approximate surface area is 82.9 Å². The number of amides is 1. The van der Waals surface area contributed by atoms with Crippen molar-refractivity contribution in [2.45, 2.75) is 6.92 Å². The van der Waals surface area contributed by atoms with Gasteiger partial charge in [0.1, 0.15) is 0 Å². The average molecular weight is 213 g/mol. The topological polar surface area (TPSA) is 63.2 Å². The third-order valence-electron chi connectivity index (χ3n) is 1.68. The Balaban J connectivity index is 2.77. The minimum atomic E-state index is -3.65. The molecule has 1 N–H and O–H groups in total. The van der Waals surface area contributed by atoms with Gasteiger partial charge in [0, 0.05) is 5.69 Å². The van der Waals surface area contributed by atoms with E-state index in [9.17, 15) is 13.2 Å². The van der Waals surface area contributed by atoms with Gasteiger partial charge in [-0.2, -0.15) is 0 Å². The third kappa shape index (κ3) is 2.56.